The number of aliphatic imine (C=N–C) groups is 1. The van der Waals surface area contributed by atoms with Crippen molar-refractivity contribution >= 4 is 46.5 Å². The summed E-state index contributed by atoms with van der Waals surface area (Å²) in [6.07, 6.45) is 4.92. The zero-order valence-corrected chi connectivity index (χ0v) is 19.5. The van der Waals surface area contributed by atoms with E-state index in [1.165, 1.54) is 11.8 Å². The van der Waals surface area contributed by atoms with E-state index in [0.29, 0.717) is 6.04 Å². The second-order valence-electron chi connectivity index (χ2n) is 7.49. The Kier molecular flexibility index (Phi) is 7.95. The lowest BCUT2D eigenvalue weighted by molar-refractivity contribution is 0.461. The number of piperidine rings is 1. The molecule has 0 saturated carbocycles. The first-order chi connectivity index (χ1) is 14.2. The number of halogens is 2. The summed E-state index contributed by atoms with van der Waals surface area (Å²) < 4.78 is 13.5. The number of anilines is 1. The molecule has 1 saturated heterocycles. The van der Waals surface area contributed by atoms with E-state index in [9.17, 15) is 4.39 Å². The summed E-state index contributed by atoms with van der Waals surface area (Å²) in [5.74, 6) is 0.625. The highest BCUT2D eigenvalue weighted by atomic mass is 127. The number of nitrogens with zero attached hydrogens (tertiary/aromatic N) is 2. The normalized spacial score (nSPS) is 15.1. The molecule has 0 bridgehead atoms. The van der Waals surface area contributed by atoms with Gasteiger partial charge in [0.15, 0.2) is 5.96 Å². The lowest BCUT2D eigenvalue weighted by atomic mass is 10.0. The van der Waals surface area contributed by atoms with E-state index >= 15 is 0 Å². The van der Waals surface area contributed by atoms with Crippen LogP contribution in [0.3, 0.4) is 0 Å². The van der Waals surface area contributed by atoms with Crippen molar-refractivity contribution in [3.63, 3.8) is 0 Å². The molecule has 7 heteroatoms. The van der Waals surface area contributed by atoms with Crippen LogP contribution in [0.2, 0.25) is 0 Å². The number of fused-ring (bicyclic) bond motifs is 1. The minimum atomic E-state index is -0.203. The number of hydrogen-bond acceptors (Lipinski definition) is 2. The fraction of sp³-hybridized carbons (Fsp3) is 0.348. The van der Waals surface area contributed by atoms with Crippen LogP contribution in [0.1, 0.15) is 18.4 Å². The van der Waals surface area contributed by atoms with Gasteiger partial charge in [-0.3, -0.25) is 4.99 Å². The van der Waals surface area contributed by atoms with Gasteiger partial charge in [0.25, 0.3) is 0 Å². The van der Waals surface area contributed by atoms with Crippen LogP contribution in [0.5, 0.6) is 0 Å². The summed E-state index contributed by atoms with van der Waals surface area (Å²) in [5, 5.41) is 7.89. The largest absolute Gasteiger partial charge is 0.371 e. The summed E-state index contributed by atoms with van der Waals surface area (Å²) in [6, 6.07) is 15.9. The molecular formula is C23H29FIN5. The number of aromatic amines is 1. The molecule has 1 aliphatic heterocycles. The molecule has 2 aromatic carbocycles. The van der Waals surface area contributed by atoms with E-state index < -0.39 is 0 Å². The maximum Gasteiger partial charge on any atom is 0.191 e. The molecule has 1 aliphatic rings. The first-order valence-electron chi connectivity index (χ1n) is 10.3. The third-order valence-electron chi connectivity index (χ3n) is 5.60. The van der Waals surface area contributed by atoms with Crippen molar-refractivity contribution in [3.05, 3.63) is 66.1 Å². The molecule has 4 rings (SSSR count). The van der Waals surface area contributed by atoms with Crippen molar-refractivity contribution in [3.8, 4) is 0 Å². The predicted molar refractivity (Wildman–Crippen MR) is 134 cm³/mol. The Hall–Kier alpha value is -2.29. The maximum absolute atomic E-state index is 13.5. The first-order valence-corrected chi connectivity index (χ1v) is 10.3. The van der Waals surface area contributed by atoms with Crippen molar-refractivity contribution in [2.75, 3.05) is 31.6 Å². The van der Waals surface area contributed by atoms with Crippen LogP contribution in [0, 0.1) is 5.82 Å². The van der Waals surface area contributed by atoms with Crippen molar-refractivity contribution in [1.82, 2.24) is 15.6 Å². The van der Waals surface area contributed by atoms with Crippen LogP contribution >= 0.6 is 24.0 Å². The molecule has 160 valence electrons. The topological polar surface area (TPSA) is 55.5 Å². The van der Waals surface area contributed by atoms with Gasteiger partial charge in [0.2, 0.25) is 0 Å². The van der Waals surface area contributed by atoms with Gasteiger partial charge in [-0.1, -0.05) is 18.2 Å². The molecule has 0 spiro atoms. The molecule has 0 atom stereocenters. The Bertz CT molecular complexity index is 964. The number of aromatic nitrogens is 1. The highest BCUT2D eigenvalue weighted by Gasteiger charge is 2.20. The third kappa shape index (κ3) is 5.44. The standard InChI is InChI=1S/C23H28FN5.HI/c1-25-23(26-12-9-17-16-27-22-8-7-18(24)15-21(17)22)28-19-10-13-29(14-11-19)20-5-3-2-4-6-20;/h2-8,15-16,19,27H,9-14H2,1H3,(H2,25,26,28);1H. The first kappa shape index (κ1) is 22.4. The minimum absolute atomic E-state index is 0. The van der Waals surface area contributed by atoms with Crippen LogP contribution in [0.25, 0.3) is 10.9 Å². The predicted octanol–water partition coefficient (Wildman–Crippen LogP) is 4.30. The van der Waals surface area contributed by atoms with Gasteiger partial charge in [-0.2, -0.15) is 0 Å². The van der Waals surface area contributed by atoms with E-state index in [4.69, 9.17) is 0 Å². The molecule has 30 heavy (non-hydrogen) atoms. The fourth-order valence-corrected chi connectivity index (χ4v) is 3.98. The molecule has 3 N–H and O–H groups in total. The van der Waals surface area contributed by atoms with Gasteiger partial charge in [0.05, 0.1) is 0 Å². The Morgan fingerprint density at radius 3 is 2.67 bits per heavy atom. The van der Waals surface area contributed by atoms with Crippen LogP contribution in [-0.4, -0.2) is 43.7 Å². The van der Waals surface area contributed by atoms with Crippen molar-refractivity contribution < 1.29 is 4.39 Å². The molecule has 5 nitrogen and oxygen atoms in total. The van der Waals surface area contributed by atoms with Gasteiger partial charge >= 0.3 is 0 Å². The SMILES string of the molecule is CN=C(NCCc1c[nH]c2ccc(F)cc12)NC1CCN(c2ccccc2)CC1.I. The van der Waals surface area contributed by atoms with E-state index in [0.717, 1.165) is 61.3 Å². The number of H-pyrrole nitrogens is 1. The van der Waals surface area contributed by atoms with Crippen molar-refractivity contribution in [2.24, 2.45) is 4.99 Å². The lowest BCUT2D eigenvalue weighted by Crippen LogP contribution is -2.49. The van der Waals surface area contributed by atoms with Crippen molar-refractivity contribution in [2.45, 2.75) is 25.3 Å². The van der Waals surface area contributed by atoms with E-state index in [2.05, 4.69) is 55.8 Å². The molecule has 3 aromatic rings. The van der Waals surface area contributed by atoms with Gasteiger partial charge in [0, 0.05) is 55.5 Å². The number of hydrogen-bond donors (Lipinski definition) is 3. The highest BCUT2D eigenvalue weighted by Crippen LogP contribution is 2.20. The zero-order valence-electron chi connectivity index (χ0n) is 17.2. The van der Waals surface area contributed by atoms with Gasteiger partial charge in [-0.05, 0) is 55.2 Å². The summed E-state index contributed by atoms with van der Waals surface area (Å²) in [5.41, 5.74) is 3.37. The number of para-hydroxylation sites is 1. The van der Waals surface area contributed by atoms with E-state index in [1.807, 2.05) is 6.20 Å². The average molecular weight is 521 g/mol. The van der Waals surface area contributed by atoms with Crippen molar-refractivity contribution in [1.29, 1.82) is 0 Å². The lowest BCUT2D eigenvalue weighted by Gasteiger charge is -2.34. The molecule has 0 unspecified atom stereocenters. The average Bonchev–Trinajstić information content (AvgIpc) is 3.16. The summed E-state index contributed by atoms with van der Waals surface area (Å²) in [4.78, 5) is 10.0. The molecule has 0 radical (unpaired) electrons. The Morgan fingerprint density at radius 2 is 1.93 bits per heavy atom. The van der Waals surface area contributed by atoms with Crippen LogP contribution in [0.4, 0.5) is 10.1 Å². The molecular weight excluding hydrogens is 492 g/mol. The monoisotopic (exact) mass is 521 g/mol. The van der Waals surface area contributed by atoms with E-state index in [-0.39, 0.29) is 29.8 Å². The van der Waals surface area contributed by atoms with E-state index in [1.54, 1.807) is 19.2 Å². The number of guanidine groups is 1. The Labute approximate surface area is 194 Å². The highest BCUT2D eigenvalue weighted by molar-refractivity contribution is 14.0. The molecule has 0 aliphatic carbocycles. The molecule has 2 heterocycles. The molecule has 0 amide bonds. The second kappa shape index (κ2) is 10.7. The van der Waals surface area contributed by atoms with Crippen LogP contribution < -0.4 is 15.5 Å². The zero-order chi connectivity index (χ0) is 20.1. The quantitative estimate of drug-likeness (QED) is 0.267. The van der Waals surface area contributed by atoms with Gasteiger partial charge < -0.3 is 20.5 Å². The third-order valence-corrected chi connectivity index (χ3v) is 5.60. The summed E-state index contributed by atoms with van der Waals surface area (Å²) in [6.45, 7) is 2.82. The molecule has 1 fully saturated rings. The number of rotatable bonds is 5. The second-order valence-corrected chi connectivity index (χ2v) is 7.49. The number of nitrogens with one attached hydrogen (secondary N) is 3. The van der Waals surface area contributed by atoms with Gasteiger partial charge in [0.1, 0.15) is 5.82 Å². The van der Waals surface area contributed by atoms with Gasteiger partial charge in [-0.25, -0.2) is 4.39 Å². The smallest absolute Gasteiger partial charge is 0.191 e. The Morgan fingerprint density at radius 1 is 1.17 bits per heavy atom. The van der Waals surface area contributed by atoms with Gasteiger partial charge in [-0.15, -0.1) is 24.0 Å². The minimum Gasteiger partial charge on any atom is -0.371 e. The maximum atomic E-state index is 13.5. The van der Waals surface area contributed by atoms with Crippen LogP contribution in [-0.2, 0) is 6.42 Å². The summed E-state index contributed by atoms with van der Waals surface area (Å²) >= 11 is 0. The Balaban J connectivity index is 0.00000256. The number of benzene rings is 2. The fourth-order valence-electron chi connectivity index (χ4n) is 3.98. The van der Waals surface area contributed by atoms with Crippen LogP contribution in [0.15, 0.2) is 59.7 Å². The molecule has 1 aromatic heterocycles. The summed E-state index contributed by atoms with van der Waals surface area (Å²) in [7, 11) is 1.80.